The molecule has 1 saturated heterocycles. The first kappa shape index (κ1) is 9.94. The second kappa shape index (κ2) is 2.39. The molecule has 0 amide bonds. The average molecular weight is 220 g/mol. The lowest BCUT2D eigenvalue weighted by Gasteiger charge is -2.49. The van der Waals surface area contributed by atoms with Crippen molar-refractivity contribution in [3.05, 3.63) is 0 Å². The van der Waals surface area contributed by atoms with Gasteiger partial charge in [0.1, 0.15) is 5.60 Å². The zero-order chi connectivity index (χ0) is 11.2. The van der Waals surface area contributed by atoms with Crippen molar-refractivity contribution in [3.63, 3.8) is 0 Å². The van der Waals surface area contributed by atoms with Gasteiger partial charge >= 0.3 is 0 Å². The SMILES string of the molecule is CC1CCC2(C)OC23CCC2(C)CCCC123. The summed E-state index contributed by atoms with van der Waals surface area (Å²) in [6.45, 7) is 7.47. The van der Waals surface area contributed by atoms with Crippen LogP contribution in [0.4, 0.5) is 0 Å². The third-order valence-corrected chi connectivity index (χ3v) is 7.23. The number of hydrogen-bond acceptors (Lipinski definition) is 1. The molecular formula is C15H24O. The van der Waals surface area contributed by atoms with E-state index in [9.17, 15) is 0 Å². The lowest BCUT2D eigenvalue weighted by molar-refractivity contribution is -0.0128. The van der Waals surface area contributed by atoms with Gasteiger partial charge in [0.15, 0.2) is 0 Å². The van der Waals surface area contributed by atoms with Gasteiger partial charge < -0.3 is 4.74 Å². The smallest absolute Gasteiger partial charge is 0.104 e. The third-order valence-electron chi connectivity index (χ3n) is 7.23. The van der Waals surface area contributed by atoms with E-state index in [0.29, 0.717) is 16.4 Å². The minimum absolute atomic E-state index is 0.265. The van der Waals surface area contributed by atoms with Crippen LogP contribution in [0.3, 0.4) is 0 Å². The van der Waals surface area contributed by atoms with Crippen LogP contribution >= 0.6 is 0 Å². The lowest BCUT2D eigenvalue weighted by Crippen LogP contribution is -2.51. The van der Waals surface area contributed by atoms with E-state index in [2.05, 4.69) is 20.8 Å². The van der Waals surface area contributed by atoms with Gasteiger partial charge in [0.25, 0.3) is 0 Å². The molecule has 4 aliphatic rings. The second-order valence-corrected chi connectivity index (χ2v) is 7.49. The van der Waals surface area contributed by atoms with Crippen LogP contribution in [-0.4, -0.2) is 11.2 Å². The maximum Gasteiger partial charge on any atom is 0.104 e. The largest absolute Gasteiger partial charge is 0.362 e. The molecule has 0 aromatic carbocycles. The predicted molar refractivity (Wildman–Crippen MR) is 64.2 cm³/mol. The molecule has 0 aromatic rings. The van der Waals surface area contributed by atoms with Crippen molar-refractivity contribution >= 4 is 0 Å². The Balaban J connectivity index is 1.91. The van der Waals surface area contributed by atoms with Crippen molar-refractivity contribution in [2.75, 3.05) is 0 Å². The molecule has 3 saturated carbocycles. The summed E-state index contributed by atoms with van der Waals surface area (Å²) in [5.74, 6) is 0.887. The van der Waals surface area contributed by atoms with Crippen molar-refractivity contribution in [2.24, 2.45) is 16.7 Å². The predicted octanol–water partition coefficient (Wildman–Crippen LogP) is 3.91. The normalized spacial score (nSPS) is 67.3. The van der Waals surface area contributed by atoms with Gasteiger partial charge in [-0.1, -0.05) is 20.3 Å². The van der Waals surface area contributed by atoms with Crippen LogP contribution in [0.25, 0.3) is 0 Å². The Labute approximate surface area is 98.9 Å². The van der Waals surface area contributed by atoms with Crippen molar-refractivity contribution in [2.45, 2.75) is 76.9 Å². The molecule has 1 heterocycles. The van der Waals surface area contributed by atoms with E-state index in [1.54, 1.807) is 0 Å². The fourth-order valence-electron chi connectivity index (χ4n) is 6.46. The van der Waals surface area contributed by atoms with Gasteiger partial charge in [-0.15, -0.1) is 0 Å². The molecule has 0 aromatic heterocycles. The fraction of sp³-hybridized carbons (Fsp3) is 1.00. The number of hydrogen-bond donors (Lipinski definition) is 0. The van der Waals surface area contributed by atoms with Crippen molar-refractivity contribution in [1.29, 1.82) is 0 Å². The molecule has 1 nitrogen and oxygen atoms in total. The van der Waals surface area contributed by atoms with Gasteiger partial charge in [0, 0.05) is 5.41 Å². The monoisotopic (exact) mass is 220 g/mol. The molecule has 1 aliphatic heterocycles. The highest BCUT2D eigenvalue weighted by atomic mass is 16.6. The van der Waals surface area contributed by atoms with Crippen LogP contribution in [0.5, 0.6) is 0 Å². The molecule has 5 atom stereocenters. The molecule has 90 valence electrons. The van der Waals surface area contributed by atoms with Crippen LogP contribution in [0.2, 0.25) is 0 Å². The molecule has 0 N–H and O–H groups in total. The summed E-state index contributed by atoms with van der Waals surface area (Å²) >= 11 is 0. The highest BCUT2D eigenvalue weighted by Gasteiger charge is 2.85. The zero-order valence-corrected chi connectivity index (χ0v) is 10.9. The first-order chi connectivity index (χ1) is 7.50. The van der Waals surface area contributed by atoms with Crippen molar-refractivity contribution < 1.29 is 4.74 Å². The van der Waals surface area contributed by atoms with Crippen LogP contribution in [-0.2, 0) is 4.74 Å². The summed E-state index contributed by atoms with van der Waals surface area (Å²) in [7, 11) is 0. The van der Waals surface area contributed by atoms with Gasteiger partial charge in [-0.05, 0) is 56.8 Å². The van der Waals surface area contributed by atoms with Crippen molar-refractivity contribution in [3.8, 4) is 0 Å². The highest BCUT2D eigenvalue weighted by Crippen LogP contribution is 2.82. The second-order valence-electron chi connectivity index (χ2n) is 7.49. The van der Waals surface area contributed by atoms with E-state index in [4.69, 9.17) is 4.74 Å². The molecule has 3 aliphatic carbocycles. The van der Waals surface area contributed by atoms with Gasteiger partial charge in [-0.3, -0.25) is 0 Å². The van der Waals surface area contributed by atoms with E-state index in [-0.39, 0.29) is 5.60 Å². The van der Waals surface area contributed by atoms with E-state index in [0.717, 1.165) is 5.92 Å². The third kappa shape index (κ3) is 0.698. The first-order valence-electron chi connectivity index (χ1n) is 7.20. The van der Waals surface area contributed by atoms with E-state index in [1.807, 2.05) is 0 Å². The van der Waals surface area contributed by atoms with Crippen LogP contribution < -0.4 is 0 Å². The Bertz CT molecular complexity index is 364. The van der Waals surface area contributed by atoms with Crippen LogP contribution in [0, 0.1) is 16.7 Å². The Morgan fingerprint density at radius 1 is 1.00 bits per heavy atom. The standard InChI is InChI=1S/C15H24O/c1-11-5-8-13(3)15(16-13)10-9-12(2)6-4-7-14(11,12)15/h11H,4-10H2,1-3H3. The number of rotatable bonds is 0. The Kier molecular flexibility index (Phi) is 1.48. The maximum atomic E-state index is 6.42. The Hall–Kier alpha value is -0.0400. The van der Waals surface area contributed by atoms with Gasteiger partial charge in [-0.2, -0.15) is 0 Å². The average Bonchev–Trinajstić information content (AvgIpc) is 2.57. The lowest BCUT2D eigenvalue weighted by atomic mass is 9.52. The molecule has 5 unspecified atom stereocenters. The first-order valence-corrected chi connectivity index (χ1v) is 7.20. The van der Waals surface area contributed by atoms with Crippen LogP contribution in [0.15, 0.2) is 0 Å². The summed E-state index contributed by atoms with van der Waals surface area (Å²) in [6.07, 6.45) is 9.83. The Morgan fingerprint density at radius 3 is 2.62 bits per heavy atom. The van der Waals surface area contributed by atoms with E-state index < -0.39 is 0 Å². The summed E-state index contributed by atoms with van der Waals surface area (Å²) in [5.41, 5.74) is 1.72. The van der Waals surface area contributed by atoms with E-state index >= 15 is 0 Å². The Morgan fingerprint density at radius 2 is 1.81 bits per heavy atom. The minimum atomic E-state index is 0.265. The fourth-order valence-corrected chi connectivity index (χ4v) is 6.46. The molecule has 2 spiro atoms. The molecule has 16 heavy (non-hydrogen) atoms. The highest BCUT2D eigenvalue weighted by molar-refractivity contribution is 5.33. The molecule has 0 bridgehead atoms. The molecule has 0 radical (unpaired) electrons. The number of epoxide rings is 1. The van der Waals surface area contributed by atoms with Gasteiger partial charge in [0.05, 0.1) is 5.60 Å². The summed E-state index contributed by atoms with van der Waals surface area (Å²) < 4.78 is 6.42. The van der Waals surface area contributed by atoms with Crippen LogP contribution in [0.1, 0.15) is 65.7 Å². The molecular weight excluding hydrogens is 196 g/mol. The topological polar surface area (TPSA) is 12.5 Å². The molecule has 1 heteroatoms. The summed E-state index contributed by atoms with van der Waals surface area (Å²) in [5, 5.41) is 0. The summed E-state index contributed by atoms with van der Waals surface area (Å²) in [4.78, 5) is 0. The number of ether oxygens (including phenoxy) is 1. The van der Waals surface area contributed by atoms with Gasteiger partial charge in [0.2, 0.25) is 0 Å². The quantitative estimate of drug-likeness (QED) is 0.564. The van der Waals surface area contributed by atoms with Gasteiger partial charge in [-0.25, -0.2) is 0 Å². The van der Waals surface area contributed by atoms with Crippen molar-refractivity contribution in [1.82, 2.24) is 0 Å². The van der Waals surface area contributed by atoms with E-state index in [1.165, 1.54) is 44.9 Å². The zero-order valence-electron chi connectivity index (χ0n) is 10.9. The summed E-state index contributed by atoms with van der Waals surface area (Å²) in [6, 6.07) is 0. The minimum Gasteiger partial charge on any atom is -0.362 e. The molecule has 4 rings (SSSR count). The maximum absolute atomic E-state index is 6.42. The molecule has 4 fully saturated rings.